The summed E-state index contributed by atoms with van der Waals surface area (Å²) in [6.45, 7) is 0. The van der Waals surface area contributed by atoms with E-state index in [9.17, 15) is 9.59 Å². The van der Waals surface area contributed by atoms with Crippen molar-refractivity contribution in [3.05, 3.63) is 45.5 Å². The van der Waals surface area contributed by atoms with E-state index in [-0.39, 0.29) is 23.0 Å². The predicted molar refractivity (Wildman–Crippen MR) is 93.4 cm³/mol. The number of aromatic nitrogens is 5. The van der Waals surface area contributed by atoms with Gasteiger partial charge in [0.2, 0.25) is 0 Å². The number of halogens is 1. The molecule has 4 aromatic rings. The second kappa shape index (κ2) is 6.11. The number of ether oxygens (including phenoxy) is 1. The number of carbonyl (C=O) groups excluding carboxylic acids is 1. The molecule has 0 radical (unpaired) electrons. The average molecular weight is 417 g/mol. The first-order chi connectivity index (χ1) is 12.5. The fourth-order valence-electron chi connectivity index (χ4n) is 2.40. The van der Waals surface area contributed by atoms with Crippen LogP contribution in [0.2, 0.25) is 0 Å². The van der Waals surface area contributed by atoms with Gasteiger partial charge in [-0.2, -0.15) is 0 Å². The van der Waals surface area contributed by atoms with Crippen LogP contribution in [0.15, 0.2) is 44.4 Å². The number of primary amides is 1. The summed E-state index contributed by atoms with van der Waals surface area (Å²) in [4.78, 5) is 35.9. The van der Waals surface area contributed by atoms with E-state index in [2.05, 4.69) is 41.0 Å². The molecule has 0 bridgehead atoms. The molecule has 0 unspecified atom stereocenters. The molecule has 11 heteroatoms. The van der Waals surface area contributed by atoms with Crippen LogP contribution in [0.1, 0.15) is 0 Å². The molecule has 0 aliphatic heterocycles. The van der Waals surface area contributed by atoms with E-state index in [0.29, 0.717) is 26.9 Å². The molecule has 1 aromatic carbocycles. The van der Waals surface area contributed by atoms with E-state index in [1.165, 1.54) is 6.20 Å². The van der Waals surface area contributed by atoms with Crippen LogP contribution in [-0.2, 0) is 0 Å². The lowest BCUT2D eigenvalue weighted by Gasteiger charge is -2.03. The lowest BCUT2D eigenvalue weighted by molar-refractivity contribution is 0.209. The number of rotatable bonds is 3. The fourth-order valence-corrected chi connectivity index (χ4v) is 2.68. The van der Waals surface area contributed by atoms with Gasteiger partial charge in [-0.3, -0.25) is 0 Å². The van der Waals surface area contributed by atoms with Gasteiger partial charge in [0.25, 0.3) is 5.88 Å². The number of hydrogen-bond acceptors (Lipinski definition) is 7. The zero-order chi connectivity index (χ0) is 18.3. The number of nitrogens with zero attached hydrogens (tertiary/aromatic N) is 3. The number of H-pyrrole nitrogens is 2. The predicted octanol–water partition coefficient (Wildman–Crippen LogP) is 2.19. The highest BCUT2D eigenvalue weighted by atomic mass is 79.9. The minimum Gasteiger partial charge on any atom is -0.389 e. The van der Waals surface area contributed by atoms with Gasteiger partial charge >= 0.3 is 11.8 Å². The summed E-state index contributed by atoms with van der Waals surface area (Å²) >= 11 is 3.20. The Morgan fingerprint density at radius 2 is 2.04 bits per heavy atom. The molecule has 1 amide bonds. The minimum absolute atomic E-state index is 0.103. The molecule has 0 fully saturated rings. The largest absolute Gasteiger partial charge is 0.411 e. The molecule has 4 rings (SSSR count). The van der Waals surface area contributed by atoms with Crippen LogP contribution in [-0.4, -0.2) is 31.2 Å². The van der Waals surface area contributed by atoms with Crippen LogP contribution in [0.5, 0.6) is 5.88 Å². The molecule has 3 heterocycles. The Kier molecular flexibility index (Phi) is 3.77. The van der Waals surface area contributed by atoms with Crippen molar-refractivity contribution in [1.82, 2.24) is 25.1 Å². The third kappa shape index (κ3) is 2.95. The van der Waals surface area contributed by atoms with Crippen LogP contribution in [0, 0.1) is 0 Å². The highest BCUT2D eigenvalue weighted by Crippen LogP contribution is 2.31. The number of benzene rings is 1. The molecular weight excluding hydrogens is 408 g/mol. The van der Waals surface area contributed by atoms with Gasteiger partial charge in [0.05, 0.1) is 17.2 Å². The zero-order valence-corrected chi connectivity index (χ0v) is 14.4. The molecule has 0 aliphatic rings. The summed E-state index contributed by atoms with van der Waals surface area (Å²) in [5, 5.41) is 3.99. The van der Waals surface area contributed by atoms with Gasteiger partial charge in [0.15, 0.2) is 11.5 Å². The number of hydrogen-bond donors (Lipinski definition) is 3. The standard InChI is InChI=1S/C15H9BrN6O4/c16-11-5-18-13(25-14(17)23)12(21-11)10-4-8(22-26-10)6-1-2-7-9(3-6)20-15(24)19-7/h1-5H,(H2,17,23)(H2,19,20,24). The average Bonchev–Trinajstić information content (AvgIpc) is 3.21. The molecular formula is C15H9BrN6O4. The van der Waals surface area contributed by atoms with Gasteiger partial charge in [0.1, 0.15) is 10.3 Å². The molecule has 0 atom stereocenters. The van der Waals surface area contributed by atoms with Crippen molar-refractivity contribution in [3.8, 4) is 28.6 Å². The molecule has 0 saturated heterocycles. The normalized spacial score (nSPS) is 11.0. The Bertz CT molecular complexity index is 1190. The SMILES string of the molecule is NC(=O)Oc1ncc(Br)nc1-c1cc(-c2ccc3[nH]c(=O)[nH]c3c2)no1. The van der Waals surface area contributed by atoms with Crippen LogP contribution in [0.4, 0.5) is 4.79 Å². The lowest BCUT2D eigenvalue weighted by Crippen LogP contribution is -2.17. The number of aromatic amines is 2. The molecule has 3 aromatic heterocycles. The van der Waals surface area contributed by atoms with E-state index in [0.717, 1.165) is 0 Å². The zero-order valence-electron chi connectivity index (χ0n) is 12.8. The summed E-state index contributed by atoms with van der Waals surface area (Å²) in [6.07, 6.45) is 0.333. The monoisotopic (exact) mass is 416 g/mol. The van der Waals surface area contributed by atoms with Gasteiger partial charge in [-0.1, -0.05) is 11.2 Å². The smallest absolute Gasteiger partial charge is 0.389 e. The Labute approximate surface area is 152 Å². The van der Waals surface area contributed by atoms with Crippen molar-refractivity contribution in [3.63, 3.8) is 0 Å². The second-order valence-electron chi connectivity index (χ2n) is 5.18. The minimum atomic E-state index is -1.02. The van der Waals surface area contributed by atoms with E-state index < -0.39 is 6.09 Å². The Balaban J connectivity index is 1.77. The third-order valence-electron chi connectivity index (χ3n) is 3.46. The molecule has 130 valence electrons. The lowest BCUT2D eigenvalue weighted by atomic mass is 10.1. The van der Waals surface area contributed by atoms with Gasteiger partial charge in [-0.15, -0.1) is 0 Å². The van der Waals surface area contributed by atoms with Crippen LogP contribution in [0.25, 0.3) is 33.7 Å². The van der Waals surface area contributed by atoms with E-state index in [4.69, 9.17) is 15.0 Å². The maximum Gasteiger partial charge on any atom is 0.411 e. The Morgan fingerprint density at radius 1 is 1.23 bits per heavy atom. The maximum absolute atomic E-state index is 11.4. The first-order valence-corrected chi connectivity index (χ1v) is 7.98. The van der Waals surface area contributed by atoms with E-state index in [1.807, 2.05) is 0 Å². The van der Waals surface area contributed by atoms with Crippen LogP contribution >= 0.6 is 15.9 Å². The van der Waals surface area contributed by atoms with Crippen molar-refractivity contribution in [2.75, 3.05) is 0 Å². The summed E-state index contributed by atoms with van der Waals surface area (Å²) in [6, 6.07) is 6.89. The highest BCUT2D eigenvalue weighted by molar-refractivity contribution is 9.10. The second-order valence-corrected chi connectivity index (χ2v) is 6.00. The van der Waals surface area contributed by atoms with Gasteiger partial charge in [0, 0.05) is 11.6 Å². The number of carbonyl (C=O) groups is 1. The first-order valence-electron chi connectivity index (χ1n) is 7.19. The van der Waals surface area contributed by atoms with Crippen molar-refractivity contribution in [1.29, 1.82) is 0 Å². The number of nitrogens with one attached hydrogen (secondary N) is 2. The van der Waals surface area contributed by atoms with Crippen LogP contribution < -0.4 is 16.2 Å². The Hall–Kier alpha value is -3.47. The van der Waals surface area contributed by atoms with Crippen molar-refractivity contribution < 1.29 is 14.1 Å². The summed E-state index contributed by atoms with van der Waals surface area (Å²) in [5.74, 6) is 0.126. The van der Waals surface area contributed by atoms with Gasteiger partial charge < -0.3 is 25.0 Å². The molecule has 10 nitrogen and oxygen atoms in total. The first kappa shape index (κ1) is 16.0. The van der Waals surface area contributed by atoms with Crippen molar-refractivity contribution in [2.24, 2.45) is 5.73 Å². The van der Waals surface area contributed by atoms with Gasteiger partial charge in [-0.25, -0.2) is 19.6 Å². The number of fused-ring (bicyclic) bond motifs is 1. The summed E-state index contributed by atoms with van der Waals surface area (Å²) < 4.78 is 10.6. The molecule has 4 N–H and O–H groups in total. The molecule has 0 aliphatic carbocycles. The molecule has 0 saturated carbocycles. The highest BCUT2D eigenvalue weighted by Gasteiger charge is 2.18. The molecule has 0 spiro atoms. The number of nitrogens with two attached hydrogens (primary N) is 1. The Morgan fingerprint density at radius 3 is 2.85 bits per heavy atom. The van der Waals surface area contributed by atoms with Crippen LogP contribution in [0.3, 0.4) is 0 Å². The fraction of sp³-hybridized carbons (Fsp3) is 0. The molecule has 26 heavy (non-hydrogen) atoms. The number of amides is 1. The van der Waals surface area contributed by atoms with E-state index in [1.54, 1.807) is 24.3 Å². The van der Waals surface area contributed by atoms with E-state index >= 15 is 0 Å². The third-order valence-corrected chi connectivity index (χ3v) is 3.84. The summed E-state index contributed by atoms with van der Waals surface area (Å²) in [5.41, 5.74) is 7.43. The van der Waals surface area contributed by atoms with Crippen molar-refractivity contribution >= 4 is 33.1 Å². The summed E-state index contributed by atoms with van der Waals surface area (Å²) in [7, 11) is 0. The maximum atomic E-state index is 11.4. The van der Waals surface area contributed by atoms with Crippen molar-refractivity contribution in [2.45, 2.75) is 0 Å². The quantitative estimate of drug-likeness (QED) is 0.462. The number of imidazole rings is 1. The van der Waals surface area contributed by atoms with Gasteiger partial charge in [-0.05, 0) is 28.1 Å². The topological polar surface area (TPSA) is 153 Å².